The first-order valence-electron chi connectivity index (χ1n) is 10.0. The highest BCUT2D eigenvalue weighted by atomic mass is 16.3. The van der Waals surface area contributed by atoms with Gasteiger partial charge in [-0.2, -0.15) is 0 Å². The van der Waals surface area contributed by atoms with E-state index in [0.717, 1.165) is 44.9 Å². The molecule has 138 valence electrons. The quantitative estimate of drug-likeness (QED) is 0.620. The Morgan fingerprint density at radius 1 is 1.17 bits per heavy atom. The van der Waals surface area contributed by atoms with E-state index in [1.807, 2.05) is 27.7 Å². The number of hydrogen-bond donors (Lipinski definition) is 2. The van der Waals surface area contributed by atoms with Gasteiger partial charge in [0.05, 0.1) is 11.7 Å². The molecule has 0 saturated heterocycles. The van der Waals surface area contributed by atoms with E-state index in [1.165, 1.54) is 12.0 Å². The zero-order valence-corrected chi connectivity index (χ0v) is 16.8. The van der Waals surface area contributed by atoms with Crippen molar-refractivity contribution >= 4 is 0 Å². The van der Waals surface area contributed by atoms with Crippen LogP contribution in [-0.4, -0.2) is 21.9 Å². The summed E-state index contributed by atoms with van der Waals surface area (Å²) < 4.78 is 0. The van der Waals surface area contributed by atoms with Crippen LogP contribution in [0.3, 0.4) is 0 Å². The van der Waals surface area contributed by atoms with E-state index in [1.54, 1.807) is 0 Å². The normalized spacial score (nSPS) is 29.5. The van der Waals surface area contributed by atoms with E-state index in [4.69, 9.17) is 0 Å². The highest BCUT2D eigenvalue weighted by molar-refractivity contribution is 5.24. The SMILES string of the molecule is CC.CC.CCC(O)(CC)CCC1=CC[C@H]2[C@@H](O)CCC[C@]12C. The molecule has 3 atom stereocenters. The molecule has 1 saturated carbocycles. The van der Waals surface area contributed by atoms with E-state index in [2.05, 4.69) is 26.8 Å². The molecule has 2 N–H and O–H groups in total. The lowest BCUT2D eigenvalue weighted by Crippen LogP contribution is -2.38. The molecular formula is C21H42O2. The third kappa shape index (κ3) is 5.32. The summed E-state index contributed by atoms with van der Waals surface area (Å²) in [5, 5.41) is 20.6. The first kappa shape index (κ1) is 22.7. The van der Waals surface area contributed by atoms with Crippen molar-refractivity contribution in [3.8, 4) is 0 Å². The van der Waals surface area contributed by atoms with Gasteiger partial charge in [-0.3, -0.25) is 0 Å². The molecule has 0 spiro atoms. The molecule has 0 bridgehead atoms. The Morgan fingerprint density at radius 3 is 2.26 bits per heavy atom. The second kappa shape index (κ2) is 10.5. The highest BCUT2D eigenvalue weighted by Crippen LogP contribution is 2.54. The molecule has 2 rings (SSSR count). The van der Waals surface area contributed by atoms with Crippen LogP contribution in [0.15, 0.2) is 11.6 Å². The summed E-state index contributed by atoms with van der Waals surface area (Å²) in [6.45, 7) is 14.5. The van der Waals surface area contributed by atoms with Crippen molar-refractivity contribution in [3.63, 3.8) is 0 Å². The van der Waals surface area contributed by atoms with Gasteiger partial charge in [0.2, 0.25) is 0 Å². The lowest BCUT2D eigenvalue weighted by atomic mass is 9.64. The van der Waals surface area contributed by atoms with Crippen molar-refractivity contribution in [1.29, 1.82) is 0 Å². The summed E-state index contributed by atoms with van der Waals surface area (Å²) >= 11 is 0. The van der Waals surface area contributed by atoms with E-state index in [0.29, 0.717) is 5.92 Å². The van der Waals surface area contributed by atoms with Crippen LogP contribution >= 0.6 is 0 Å². The summed E-state index contributed by atoms with van der Waals surface area (Å²) in [6.07, 6.45) is 10.1. The van der Waals surface area contributed by atoms with Crippen molar-refractivity contribution in [1.82, 2.24) is 0 Å². The number of fused-ring (bicyclic) bond motifs is 1. The van der Waals surface area contributed by atoms with Gasteiger partial charge in [0.25, 0.3) is 0 Å². The van der Waals surface area contributed by atoms with Crippen molar-refractivity contribution in [2.45, 2.75) is 112 Å². The number of aliphatic hydroxyl groups excluding tert-OH is 1. The Labute approximate surface area is 145 Å². The number of allylic oxidation sites excluding steroid dienone is 2. The van der Waals surface area contributed by atoms with Crippen molar-refractivity contribution in [2.24, 2.45) is 11.3 Å². The number of aliphatic hydroxyl groups is 2. The minimum Gasteiger partial charge on any atom is -0.393 e. The van der Waals surface area contributed by atoms with Crippen LogP contribution in [0.2, 0.25) is 0 Å². The van der Waals surface area contributed by atoms with Gasteiger partial charge in [0.15, 0.2) is 0 Å². The van der Waals surface area contributed by atoms with Gasteiger partial charge in [0.1, 0.15) is 0 Å². The Balaban J connectivity index is 0.00000112. The first-order valence-corrected chi connectivity index (χ1v) is 10.0. The maximum atomic E-state index is 10.4. The average molecular weight is 327 g/mol. The van der Waals surface area contributed by atoms with E-state index >= 15 is 0 Å². The summed E-state index contributed by atoms with van der Waals surface area (Å²) in [4.78, 5) is 0. The molecule has 0 heterocycles. The fourth-order valence-corrected chi connectivity index (χ4v) is 4.17. The van der Waals surface area contributed by atoms with Crippen LogP contribution in [0, 0.1) is 11.3 Å². The Kier molecular flexibility index (Phi) is 10.4. The van der Waals surface area contributed by atoms with Gasteiger partial charge in [-0.15, -0.1) is 0 Å². The van der Waals surface area contributed by atoms with Gasteiger partial charge in [-0.25, -0.2) is 0 Å². The molecule has 2 aliphatic rings. The topological polar surface area (TPSA) is 40.5 Å². The van der Waals surface area contributed by atoms with Gasteiger partial charge < -0.3 is 10.2 Å². The number of rotatable bonds is 5. The molecule has 0 unspecified atom stereocenters. The van der Waals surface area contributed by atoms with E-state index in [9.17, 15) is 10.2 Å². The van der Waals surface area contributed by atoms with Crippen LogP contribution in [0.25, 0.3) is 0 Å². The van der Waals surface area contributed by atoms with Crippen LogP contribution in [0.5, 0.6) is 0 Å². The summed E-state index contributed by atoms with van der Waals surface area (Å²) in [7, 11) is 0. The van der Waals surface area contributed by atoms with Gasteiger partial charge in [-0.1, -0.05) is 60.1 Å². The van der Waals surface area contributed by atoms with E-state index < -0.39 is 5.60 Å². The second-order valence-corrected chi connectivity index (χ2v) is 6.88. The molecule has 1 fully saturated rings. The molecule has 0 aromatic rings. The highest BCUT2D eigenvalue weighted by Gasteiger charge is 2.46. The van der Waals surface area contributed by atoms with Crippen LogP contribution in [0.1, 0.15) is 99.8 Å². The fraction of sp³-hybridized carbons (Fsp3) is 0.905. The average Bonchev–Trinajstić information content (AvgIpc) is 2.94. The zero-order valence-electron chi connectivity index (χ0n) is 16.8. The number of hydrogen-bond acceptors (Lipinski definition) is 2. The molecule has 2 aliphatic carbocycles. The third-order valence-corrected chi connectivity index (χ3v) is 6.01. The largest absolute Gasteiger partial charge is 0.393 e. The molecule has 0 radical (unpaired) electrons. The van der Waals surface area contributed by atoms with Gasteiger partial charge >= 0.3 is 0 Å². The molecule has 0 aliphatic heterocycles. The molecule has 0 aromatic heterocycles. The van der Waals surface area contributed by atoms with Crippen molar-refractivity contribution in [3.05, 3.63) is 11.6 Å². The lowest BCUT2D eigenvalue weighted by Gasteiger charge is -2.42. The smallest absolute Gasteiger partial charge is 0.0645 e. The molecule has 0 amide bonds. The predicted molar refractivity (Wildman–Crippen MR) is 102 cm³/mol. The maximum absolute atomic E-state index is 10.4. The maximum Gasteiger partial charge on any atom is 0.0645 e. The molecule has 23 heavy (non-hydrogen) atoms. The Morgan fingerprint density at radius 2 is 1.74 bits per heavy atom. The molecule has 0 aromatic carbocycles. The second-order valence-electron chi connectivity index (χ2n) is 6.88. The lowest BCUT2D eigenvalue weighted by molar-refractivity contribution is 0.00357. The van der Waals surface area contributed by atoms with Crippen LogP contribution in [0.4, 0.5) is 0 Å². The third-order valence-electron chi connectivity index (χ3n) is 6.01. The molecule has 2 heteroatoms. The van der Waals surface area contributed by atoms with Gasteiger partial charge in [-0.05, 0) is 62.7 Å². The van der Waals surface area contributed by atoms with Crippen LogP contribution in [-0.2, 0) is 0 Å². The summed E-state index contributed by atoms with van der Waals surface area (Å²) in [5.41, 5.74) is 1.19. The van der Waals surface area contributed by atoms with Crippen LogP contribution < -0.4 is 0 Å². The standard InChI is InChI=1S/C17H30O2.2C2H6/c1-4-17(19,5-2)12-10-13-8-9-14-15(18)7-6-11-16(13,14)3;2*1-2/h8,14-15,18-19H,4-7,9-12H2,1-3H3;2*1-2H3/t14-,15-,16+;;/m0../s1. The minimum atomic E-state index is -0.497. The summed E-state index contributed by atoms with van der Waals surface area (Å²) in [5.74, 6) is 0.424. The first-order chi connectivity index (χ1) is 10.9. The fourth-order valence-electron chi connectivity index (χ4n) is 4.17. The Bertz CT molecular complexity index is 344. The van der Waals surface area contributed by atoms with Crippen molar-refractivity contribution in [2.75, 3.05) is 0 Å². The summed E-state index contributed by atoms with van der Waals surface area (Å²) in [6, 6.07) is 0. The van der Waals surface area contributed by atoms with Gasteiger partial charge in [0, 0.05) is 0 Å². The van der Waals surface area contributed by atoms with Crippen molar-refractivity contribution < 1.29 is 10.2 Å². The molecular weight excluding hydrogens is 284 g/mol. The predicted octanol–water partition coefficient (Wildman–Crippen LogP) is 5.87. The zero-order chi connectivity index (χ0) is 18.1. The molecule has 2 nitrogen and oxygen atoms in total. The minimum absolute atomic E-state index is 0.122. The Hall–Kier alpha value is -0.340. The van der Waals surface area contributed by atoms with E-state index in [-0.39, 0.29) is 11.5 Å². The monoisotopic (exact) mass is 326 g/mol.